The second kappa shape index (κ2) is 13.8. The minimum atomic E-state index is 0.803. The van der Waals surface area contributed by atoms with Gasteiger partial charge in [0.15, 0.2) is 5.58 Å². The summed E-state index contributed by atoms with van der Waals surface area (Å²) in [5.74, 6) is 0. The average molecular weight is 765 g/mol. The Balaban J connectivity index is 0.975. The van der Waals surface area contributed by atoms with E-state index in [1.54, 1.807) is 0 Å². The molecule has 0 unspecified atom stereocenters. The van der Waals surface area contributed by atoms with E-state index in [4.69, 9.17) is 9.40 Å². The molecule has 0 bridgehead atoms. The quantitative estimate of drug-likeness (QED) is 0.158. The monoisotopic (exact) mass is 764 g/mol. The Hall–Kier alpha value is -8.01. The van der Waals surface area contributed by atoms with Crippen LogP contribution in [-0.2, 0) is 0 Å². The van der Waals surface area contributed by atoms with Gasteiger partial charge < -0.3 is 9.32 Å². The van der Waals surface area contributed by atoms with E-state index in [2.05, 4.69) is 193 Å². The van der Waals surface area contributed by atoms with Gasteiger partial charge in [0.2, 0.25) is 0 Å². The predicted molar refractivity (Wildman–Crippen MR) is 253 cm³/mol. The molecular formula is C57H36N2O. The highest BCUT2D eigenvalue weighted by atomic mass is 16.3. The summed E-state index contributed by atoms with van der Waals surface area (Å²) in [6, 6.07) is 76.5. The first-order chi connectivity index (χ1) is 29.7. The molecule has 0 N–H and O–H groups in total. The van der Waals surface area contributed by atoms with E-state index in [1.165, 1.54) is 65.3 Å². The van der Waals surface area contributed by atoms with Gasteiger partial charge in [0.05, 0.1) is 0 Å². The molecule has 3 nitrogen and oxygen atoms in total. The number of hydrogen-bond donors (Lipinski definition) is 0. The third kappa shape index (κ3) is 5.55. The zero-order chi connectivity index (χ0) is 39.6. The van der Waals surface area contributed by atoms with Crippen LogP contribution in [0.1, 0.15) is 0 Å². The molecule has 0 amide bonds. The number of pyridine rings is 1. The third-order valence-corrected chi connectivity index (χ3v) is 12.1. The van der Waals surface area contributed by atoms with Crippen molar-refractivity contribution in [2.45, 2.75) is 0 Å². The van der Waals surface area contributed by atoms with Gasteiger partial charge in [-0.05, 0) is 138 Å². The largest absolute Gasteiger partial charge is 0.454 e. The van der Waals surface area contributed by atoms with E-state index < -0.39 is 0 Å². The van der Waals surface area contributed by atoms with Gasteiger partial charge in [-0.3, -0.25) is 4.98 Å². The topological polar surface area (TPSA) is 29.3 Å². The van der Waals surface area contributed by atoms with Crippen LogP contribution in [0, 0.1) is 0 Å². The maximum atomic E-state index is 6.38. The van der Waals surface area contributed by atoms with Crippen LogP contribution in [0.3, 0.4) is 0 Å². The first-order valence-electron chi connectivity index (χ1n) is 20.4. The second-order valence-corrected chi connectivity index (χ2v) is 15.5. The molecule has 12 aromatic rings. The third-order valence-electron chi connectivity index (χ3n) is 12.1. The highest BCUT2D eigenvalue weighted by Crippen LogP contribution is 2.42. The van der Waals surface area contributed by atoms with E-state index in [0.717, 1.165) is 50.3 Å². The van der Waals surface area contributed by atoms with E-state index in [0.29, 0.717) is 0 Å². The van der Waals surface area contributed by atoms with Crippen LogP contribution in [0.5, 0.6) is 0 Å². The summed E-state index contributed by atoms with van der Waals surface area (Å²) >= 11 is 0. The number of para-hydroxylation sites is 1. The van der Waals surface area contributed by atoms with Crippen molar-refractivity contribution in [3.8, 4) is 33.4 Å². The van der Waals surface area contributed by atoms with Gasteiger partial charge in [0.25, 0.3) is 0 Å². The summed E-state index contributed by atoms with van der Waals surface area (Å²) in [6.07, 6.45) is 1.88. The molecule has 0 aliphatic heterocycles. The van der Waals surface area contributed by atoms with Gasteiger partial charge in [0, 0.05) is 34.2 Å². The first-order valence-corrected chi connectivity index (χ1v) is 20.4. The van der Waals surface area contributed by atoms with Gasteiger partial charge in [-0.15, -0.1) is 0 Å². The average Bonchev–Trinajstić information content (AvgIpc) is 3.71. The molecule has 0 aliphatic carbocycles. The van der Waals surface area contributed by atoms with E-state index >= 15 is 0 Å². The molecule has 0 fully saturated rings. The summed E-state index contributed by atoms with van der Waals surface area (Å²) in [7, 11) is 0. The molecule has 0 atom stereocenters. The summed E-state index contributed by atoms with van der Waals surface area (Å²) in [5, 5.41) is 11.1. The minimum absolute atomic E-state index is 0.803. The summed E-state index contributed by atoms with van der Waals surface area (Å²) < 4.78 is 6.38. The molecule has 0 radical (unpaired) electrons. The van der Waals surface area contributed by atoms with Gasteiger partial charge >= 0.3 is 0 Å². The summed E-state index contributed by atoms with van der Waals surface area (Å²) in [5.41, 5.74) is 12.6. The molecule has 60 heavy (non-hydrogen) atoms. The molecule has 10 aromatic carbocycles. The zero-order valence-electron chi connectivity index (χ0n) is 32.6. The van der Waals surface area contributed by atoms with Crippen molar-refractivity contribution in [1.82, 2.24) is 4.98 Å². The van der Waals surface area contributed by atoms with Gasteiger partial charge in [0.1, 0.15) is 11.1 Å². The van der Waals surface area contributed by atoms with Crippen LogP contribution >= 0.6 is 0 Å². The van der Waals surface area contributed by atoms with E-state index in [-0.39, 0.29) is 0 Å². The SMILES string of the molecule is c1ccc2c(c1)cc(-c1ccc(N(c3ccc(-c4cc5ccccc5c5ccccc45)cc3)c3ccc(-c4ccnc5c4oc4ccccc45)cc3)cc1)c1ccccc12. The second-order valence-electron chi connectivity index (χ2n) is 15.5. The summed E-state index contributed by atoms with van der Waals surface area (Å²) in [6.45, 7) is 0. The molecule has 0 spiro atoms. The van der Waals surface area contributed by atoms with E-state index in [9.17, 15) is 0 Å². The van der Waals surface area contributed by atoms with Gasteiger partial charge in [-0.2, -0.15) is 0 Å². The number of aromatic nitrogens is 1. The number of nitrogens with zero attached hydrogens (tertiary/aromatic N) is 2. The number of rotatable bonds is 6. The predicted octanol–water partition coefficient (Wildman–Crippen LogP) is 16.1. The van der Waals surface area contributed by atoms with Crippen LogP contribution < -0.4 is 4.90 Å². The fourth-order valence-electron chi connectivity index (χ4n) is 9.24. The molecule has 12 rings (SSSR count). The Labute approximate surface area is 347 Å². The van der Waals surface area contributed by atoms with Crippen molar-refractivity contribution in [2.75, 3.05) is 4.90 Å². The molecule has 2 heterocycles. The number of benzene rings is 10. The smallest absolute Gasteiger partial charge is 0.161 e. The molecule has 3 heteroatoms. The fraction of sp³-hybridized carbons (Fsp3) is 0. The maximum absolute atomic E-state index is 6.38. The molecule has 0 aliphatic rings. The number of anilines is 3. The molecule has 2 aromatic heterocycles. The lowest BCUT2D eigenvalue weighted by Crippen LogP contribution is -2.09. The van der Waals surface area contributed by atoms with Crippen molar-refractivity contribution in [3.05, 3.63) is 219 Å². The lowest BCUT2D eigenvalue weighted by Gasteiger charge is -2.26. The Morgan fingerprint density at radius 2 is 0.733 bits per heavy atom. The Kier molecular flexibility index (Phi) is 7.85. The zero-order valence-corrected chi connectivity index (χ0v) is 32.6. The molecule has 0 saturated carbocycles. The standard InChI is InChI=1S/C57H36N2O/c1-3-13-45-40(11-1)35-53(50-17-7-5-15-48(45)50)38-23-29-43(30-24-38)59(42-27-21-37(22-28-42)47-33-34-58-56-52-19-9-10-20-55(52)60-57(47)56)44-31-25-39(26-32-44)54-36-41-12-2-4-14-46(41)49-16-6-8-18-51(49)54/h1-36H. The van der Waals surface area contributed by atoms with Crippen LogP contribution in [-0.4, -0.2) is 4.98 Å². The van der Waals surface area contributed by atoms with Gasteiger partial charge in [-0.1, -0.05) is 146 Å². The molecular weight excluding hydrogens is 729 g/mol. The molecule has 0 saturated heterocycles. The number of fused-ring (bicyclic) bond motifs is 9. The Morgan fingerprint density at radius 3 is 1.23 bits per heavy atom. The normalized spacial score (nSPS) is 11.7. The first kappa shape index (κ1) is 34.1. The van der Waals surface area contributed by atoms with Crippen LogP contribution in [0.4, 0.5) is 17.1 Å². The van der Waals surface area contributed by atoms with Crippen molar-refractivity contribution >= 4 is 82.2 Å². The van der Waals surface area contributed by atoms with Crippen molar-refractivity contribution in [3.63, 3.8) is 0 Å². The Bertz CT molecular complexity index is 3420. The van der Waals surface area contributed by atoms with Gasteiger partial charge in [-0.25, -0.2) is 0 Å². The summed E-state index contributed by atoms with van der Waals surface area (Å²) in [4.78, 5) is 7.04. The van der Waals surface area contributed by atoms with Crippen LogP contribution in [0.15, 0.2) is 223 Å². The molecule has 280 valence electrons. The highest BCUT2D eigenvalue weighted by molar-refractivity contribution is 6.15. The highest BCUT2D eigenvalue weighted by Gasteiger charge is 2.18. The lowest BCUT2D eigenvalue weighted by molar-refractivity contribution is 0.669. The van der Waals surface area contributed by atoms with Crippen LogP contribution in [0.25, 0.3) is 98.5 Å². The van der Waals surface area contributed by atoms with Crippen molar-refractivity contribution < 1.29 is 4.42 Å². The minimum Gasteiger partial charge on any atom is -0.454 e. The number of furan rings is 1. The van der Waals surface area contributed by atoms with E-state index in [1.807, 2.05) is 30.5 Å². The lowest BCUT2D eigenvalue weighted by atomic mass is 9.93. The van der Waals surface area contributed by atoms with Crippen LogP contribution in [0.2, 0.25) is 0 Å². The Morgan fingerprint density at radius 1 is 0.333 bits per heavy atom. The van der Waals surface area contributed by atoms with Crippen molar-refractivity contribution in [1.29, 1.82) is 0 Å². The maximum Gasteiger partial charge on any atom is 0.161 e. The van der Waals surface area contributed by atoms with Crippen molar-refractivity contribution in [2.24, 2.45) is 0 Å². The fourth-order valence-corrected chi connectivity index (χ4v) is 9.24. The number of hydrogen-bond acceptors (Lipinski definition) is 3.